The van der Waals surface area contributed by atoms with Gasteiger partial charge in [0.25, 0.3) is 0 Å². The average Bonchev–Trinajstić information content (AvgIpc) is 2.90. The van der Waals surface area contributed by atoms with Crippen molar-refractivity contribution in [1.82, 2.24) is 9.78 Å². The molecule has 1 aromatic rings. The fourth-order valence-electron chi connectivity index (χ4n) is 1.72. The number of hydrogen-bond donors (Lipinski definition) is 1. The molecule has 0 atom stereocenters. The Morgan fingerprint density at radius 3 is 3.00 bits per heavy atom. The van der Waals surface area contributed by atoms with Crippen molar-refractivity contribution in [3.8, 4) is 11.9 Å². The molecule has 0 bridgehead atoms. The second-order valence-corrected chi connectivity index (χ2v) is 4.33. The number of hydrogen-bond acceptors (Lipinski definition) is 3. The molecule has 0 unspecified atom stereocenters. The second kappa shape index (κ2) is 2.31. The zero-order valence-corrected chi connectivity index (χ0v) is 8.57. The highest BCUT2D eigenvalue weighted by Gasteiger charge is 2.26. The van der Waals surface area contributed by atoms with Gasteiger partial charge in [0.05, 0.1) is 11.6 Å². The van der Waals surface area contributed by atoms with Crippen LogP contribution in [0.1, 0.15) is 13.8 Å². The number of fused-ring (bicyclic) bond motifs is 4. The largest absolute Gasteiger partial charge is 0.368 e. The van der Waals surface area contributed by atoms with Crippen molar-refractivity contribution >= 4 is 16.6 Å². The average molecular weight is 198 g/mol. The van der Waals surface area contributed by atoms with E-state index in [0.717, 1.165) is 17.0 Å². The van der Waals surface area contributed by atoms with Gasteiger partial charge in [-0.15, -0.1) is 5.10 Å². The molecule has 0 saturated carbocycles. The van der Waals surface area contributed by atoms with Crippen LogP contribution >= 0.6 is 0 Å². The first-order chi connectivity index (χ1) is 7.11. The summed E-state index contributed by atoms with van der Waals surface area (Å²) in [6.07, 6.45) is 0. The van der Waals surface area contributed by atoms with Crippen LogP contribution < -0.4 is 5.32 Å². The van der Waals surface area contributed by atoms with Crippen molar-refractivity contribution in [2.75, 3.05) is 5.32 Å². The molecule has 0 amide bonds. The first-order valence-corrected chi connectivity index (χ1v) is 4.83. The van der Waals surface area contributed by atoms with E-state index in [4.69, 9.17) is 5.26 Å². The van der Waals surface area contributed by atoms with E-state index in [1.807, 2.05) is 36.7 Å². The van der Waals surface area contributed by atoms with E-state index in [1.54, 1.807) is 0 Å². The van der Waals surface area contributed by atoms with Crippen molar-refractivity contribution in [2.24, 2.45) is 0 Å². The molecule has 0 fully saturated rings. The van der Waals surface area contributed by atoms with E-state index in [0.29, 0.717) is 0 Å². The van der Waals surface area contributed by atoms with Gasteiger partial charge in [0.1, 0.15) is 5.54 Å². The highest BCUT2D eigenvalue weighted by Crippen LogP contribution is 2.36. The molecule has 3 rings (SSSR count). The minimum absolute atomic E-state index is 0.539. The normalized spacial score (nSPS) is 12.6. The van der Waals surface area contributed by atoms with Crippen LogP contribution in [0.4, 0.5) is 5.69 Å². The summed E-state index contributed by atoms with van der Waals surface area (Å²) in [4.78, 5) is 0. The molecule has 0 spiro atoms. The number of rotatable bonds is 2. The van der Waals surface area contributed by atoms with Gasteiger partial charge < -0.3 is 5.32 Å². The summed E-state index contributed by atoms with van der Waals surface area (Å²) in [7, 11) is 0. The summed E-state index contributed by atoms with van der Waals surface area (Å²) in [6, 6.07) is 8.24. The van der Waals surface area contributed by atoms with Gasteiger partial charge in [-0.3, -0.25) is 0 Å². The number of aromatic nitrogens is 2. The molecule has 4 heteroatoms. The number of nitrogens with zero attached hydrogens (tertiary/aromatic N) is 3. The fraction of sp³-hybridized carbons (Fsp3) is 0.273. The van der Waals surface area contributed by atoms with E-state index >= 15 is 0 Å². The Kier molecular flexibility index (Phi) is 1.28. The molecule has 0 radical (unpaired) electrons. The zero-order valence-electron chi connectivity index (χ0n) is 8.57. The molecule has 4 nitrogen and oxygen atoms in total. The molecule has 1 aromatic carbocycles. The van der Waals surface area contributed by atoms with E-state index in [1.165, 1.54) is 5.39 Å². The zero-order chi connectivity index (χ0) is 10.6. The molecule has 0 saturated heterocycles. The summed E-state index contributed by atoms with van der Waals surface area (Å²) in [5, 5.41) is 17.4. The Balaban J connectivity index is 1.97. The Morgan fingerprint density at radius 2 is 2.27 bits per heavy atom. The summed E-state index contributed by atoms with van der Waals surface area (Å²) in [5.74, 6) is 1.06. The van der Waals surface area contributed by atoms with Crippen LogP contribution in [0.2, 0.25) is 0 Å². The highest BCUT2D eigenvalue weighted by atomic mass is 15.5. The molecule has 0 aromatic heterocycles. The summed E-state index contributed by atoms with van der Waals surface area (Å²) >= 11 is 0. The third-order valence-electron chi connectivity index (χ3n) is 2.56. The first-order valence-electron chi connectivity index (χ1n) is 4.83. The Labute approximate surface area is 87.1 Å². The molecule has 0 aliphatic carbocycles. The van der Waals surface area contributed by atoms with Gasteiger partial charge >= 0.3 is 0 Å². The van der Waals surface area contributed by atoms with Gasteiger partial charge in [0.2, 0.25) is 0 Å². The van der Waals surface area contributed by atoms with Gasteiger partial charge in [-0.1, -0.05) is 0 Å². The summed E-state index contributed by atoms with van der Waals surface area (Å²) in [5.41, 5.74) is 1.59. The van der Waals surface area contributed by atoms with Crippen molar-refractivity contribution < 1.29 is 0 Å². The van der Waals surface area contributed by atoms with Crippen LogP contribution in [0.5, 0.6) is 0 Å². The van der Waals surface area contributed by atoms with Gasteiger partial charge in [-0.25, -0.2) is 4.68 Å². The molecular formula is C11H10N4. The van der Waals surface area contributed by atoms with Gasteiger partial charge in [0.15, 0.2) is 5.82 Å². The number of anilines is 1. The topological polar surface area (TPSA) is 53.6 Å². The minimum atomic E-state index is -0.539. The van der Waals surface area contributed by atoms with E-state index in [9.17, 15) is 0 Å². The lowest BCUT2D eigenvalue weighted by molar-refractivity contribution is 0.729. The predicted molar refractivity (Wildman–Crippen MR) is 57.9 cm³/mol. The molecule has 15 heavy (non-hydrogen) atoms. The van der Waals surface area contributed by atoms with Gasteiger partial charge in [-0.2, -0.15) is 5.26 Å². The fourth-order valence-corrected chi connectivity index (χ4v) is 1.72. The highest BCUT2D eigenvalue weighted by molar-refractivity contribution is 5.98. The third-order valence-corrected chi connectivity index (χ3v) is 2.56. The van der Waals surface area contributed by atoms with Crippen molar-refractivity contribution in [1.29, 1.82) is 5.26 Å². The molecule has 2 aliphatic heterocycles. The van der Waals surface area contributed by atoms with Crippen molar-refractivity contribution in [3.05, 3.63) is 18.2 Å². The van der Waals surface area contributed by atoms with Crippen LogP contribution in [0, 0.1) is 11.3 Å². The van der Waals surface area contributed by atoms with Crippen LogP contribution in [-0.2, 0) is 0 Å². The molecular weight excluding hydrogens is 188 g/mol. The SMILES string of the molecule is CC(C)(C#N)Nc1ccc2c(c1)c1nn2-1. The molecule has 2 aliphatic rings. The second-order valence-electron chi connectivity index (χ2n) is 4.33. The lowest BCUT2D eigenvalue weighted by Gasteiger charge is -2.19. The monoisotopic (exact) mass is 198 g/mol. The Morgan fingerprint density at radius 1 is 1.47 bits per heavy atom. The Hall–Kier alpha value is -2.02. The number of benzene rings is 1. The van der Waals surface area contributed by atoms with Gasteiger partial charge in [-0.05, 0) is 32.0 Å². The maximum Gasteiger partial charge on any atom is 0.184 e. The lowest BCUT2D eigenvalue weighted by Crippen LogP contribution is -2.28. The van der Waals surface area contributed by atoms with Gasteiger partial charge in [0, 0.05) is 11.1 Å². The maximum absolute atomic E-state index is 8.91. The van der Waals surface area contributed by atoms with Crippen LogP contribution in [-0.4, -0.2) is 15.3 Å². The molecule has 2 heterocycles. The first kappa shape index (κ1) is 8.30. The number of nitrogens with one attached hydrogen (secondary N) is 1. The van der Waals surface area contributed by atoms with Crippen LogP contribution in [0.3, 0.4) is 0 Å². The standard InChI is InChI=1S/C11H10N4/c1-11(2,6-12)13-7-3-4-9-8(5-7)10-14-15(9)10/h3-5,13H,1-2H3. The lowest BCUT2D eigenvalue weighted by atomic mass is 10.1. The smallest absolute Gasteiger partial charge is 0.184 e. The summed E-state index contributed by atoms with van der Waals surface area (Å²) < 4.78 is 1.91. The van der Waals surface area contributed by atoms with Crippen molar-refractivity contribution in [2.45, 2.75) is 19.4 Å². The minimum Gasteiger partial charge on any atom is -0.368 e. The maximum atomic E-state index is 8.91. The van der Waals surface area contributed by atoms with E-state index in [2.05, 4.69) is 16.5 Å². The third kappa shape index (κ3) is 1.10. The summed E-state index contributed by atoms with van der Waals surface area (Å²) in [6.45, 7) is 3.71. The molecule has 74 valence electrons. The van der Waals surface area contributed by atoms with Crippen molar-refractivity contribution in [3.63, 3.8) is 0 Å². The van der Waals surface area contributed by atoms with E-state index in [-0.39, 0.29) is 0 Å². The Bertz CT molecular complexity index is 601. The predicted octanol–water partition coefficient (Wildman–Crippen LogP) is 2.05. The quantitative estimate of drug-likeness (QED) is 0.685. The van der Waals surface area contributed by atoms with Crippen LogP contribution in [0.25, 0.3) is 16.7 Å². The number of nitriles is 1. The van der Waals surface area contributed by atoms with Crippen LogP contribution in [0.15, 0.2) is 18.2 Å². The molecule has 1 N–H and O–H groups in total. The van der Waals surface area contributed by atoms with E-state index < -0.39 is 5.54 Å².